The number of nitrogens with two attached hydrogens (primary N) is 1. The van der Waals surface area contributed by atoms with Crippen molar-refractivity contribution in [3.63, 3.8) is 0 Å². The molecule has 2 heterocycles. The first-order valence-electron chi connectivity index (χ1n) is 7.91. The molecule has 0 saturated carbocycles. The quantitative estimate of drug-likeness (QED) is 0.649. The van der Waals surface area contributed by atoms with E-state index in [9.17, 15) is 4.79 Å². The molecule has 1 aromatic carbocycles. The number of aryl methyl sites for hydroxylation is 1. The molecule has 132 valence electrons. The van der Waals surface area contributed by atoms with Crippen LogP contribution in [0.2, 0.25) is 0 Å². The number of aromatic nitrogens is 2. The minimum atomic E-state index is -0.452. The summed E-state index contributed by atoms with van der Waals surface area (Å²) in [4.78, 5) is 20.6. The highest BCUT2D eigenvalue weighted by Gasteiger charge is 2.13. The van der Waals surface area contributed by atoms with Gasteiger partial charge in [0, 0.05) is 36.6 Å². The van der Waals surface area contributed by atoms with Crippen molar-refractivity contribution < 1.29 is 14.3 Å². The lowest BCUT2D eigenvalue weighted by atomic mass is 10.2. The van der Waals surface area contributed by atoms with Crippen LogP contribution in [-0.2, 0) is 0 Å². The van der Waals surface area contributed by atoms with E-state index in [4.69, 9.17) is 15.2 Å². The fraction of sp³-hybridized carbons (Fsp3) is 0.312. The van der Waals surface area contributed by atoms with Gasteiger partial charge in [0.1, 0.15) is 19.0 Å². The van der Waals surface area contributed by atoms with Crippen LogP contribution in [0.5, 0.6) is 11.5 Å². The Kier molecular flexibility index (Phi) is 5.14. The number of hydrogen-bond acceptors (Lipinski definition) is 7. The molecule has 2 aromatic rings. The molecule has 0 spiro atoms. The van der Waals surface area contributed by atoms with Gasteiger partial charge in [0.15, 0.2) is 11.5 Å². The van der Waals surface area contributed by atoms with Gasteiger partial charge in [-0.3, -0.25) is 5.32 Å². The minimum absolute atomic E-state index is 0.203. The van der Waals surface area contributed by atoms with Crippen molar-refractivity contribution in [3.8, 4) is 11.5 Å². The van der Waals surface area contributed by atoms with Crippen LogP contribution in [-0.4, -0.2) is 42.3 Å². The standard InChI is InChI=1S/C16H20N6O3/c1-10-8-14(18-5-4-17)21-15(19-10)22-16(23)20-11-2-3-12-13(9-11)25-7-6-24-12/h2-3,8-9H,4-7,17H2,1H3,(H3,18,19,20,21,22,23). The van der Waals surface area contributed by atoms with Gasteiger partial charge >= 0.3 is 6.03 Å². The Bertz CT molecular complexity index is 768. The third-order valence-electron chi connectivity index (χ3n) is 3.33. The maximum absolute atomic E-state index is 12.2. The number of fused-ring (bicyclic) bond motifs is 1. The van der Waals surface area contributed by atoms with E-state index in [1.54, 1.807) is 24.3 Å². The van der Waals surface area contributed by atoms with Crippen molar-refractivity contribution in [3.05, 3.63) is 30.0 Å². The van der Waals surface area contributed by atoms with Gasteiger partial charge in [0.25, 0.3) is 0 Å². The van der Waals surface area contributed by atoms with Crippen molar-refractivity contribution in [1.29, 1.82) is 0 Å². The molecule has 1 aliphatic heterocycles. The summed E-state index contributed by atoms with van der Waals surface area (Å²) in [6.07, 6.45) is 0. The molecule has 5 N–H and O–H groups in total. The van der Waals surface area contributed by atoms with Crippen LogP contribution in [0.25, 0.3) is 0 Å². The van der Waals surface area contributed by atoms with E-state index in [-0.39, 0.29) is 5.95 Å². The molecule has 0 saturated heterocycles. The van der Waals surface area contributed by atoms with Crippen molar-refractivity contribution in [1.82, 2.24) is 9.97 Å². The summed E-state index contributed by atoms with van der Waals surface area (Å²) in [6, 6.07) is 6.52. The fourth-order valence-corrected chi connectivity index (χ4v) is 2.30. The van der Waals surface area contributed by atoms with Crippen molar-refractivity contribution >= 4 is 23.5 Å². The van der Waals surface area contributed by atoms with E-state index in [1.807, 2.05) is 6.92 Å². The van der Waals surface area contributed by atoms with Crippen LogP contribution in [0.4, 0.5) is 22.2 Å². The van der Waals surface area contributed by atoms with E-state index in [2.05, 4.69) is 25.9 Å². The average molecular weight is 344 g/mol. The lowest BCUT2D eigenvalue weighted by molar-refractivity contribution is 0.171. The molecule has 25 heavy (non-hydrogen) atoms. The SMILES string of the molecule is Cc1cc(NCCN)nc(NC(=O)Nc2ccc3c(c2)OCCO3)n1. The van der Waals surface area contributed by atoms with Gasteiger partial charge in [-0.15, -0.1) is 0 Å². The van der Waals surface area contributed by atoms with Gasteiger partial charge in [-0.25, -0.2) is 9.78 Å². The second-order valence-electron chi connectivity index (χ2n) is 5.37. The van der Waals surface area contributed by atoms with Gasteiger partial charge in [-0.1, -0.05) is 0 Å². The predicted molar refractivity (Wildman–Crippen MR) is 94.4 cm³/mol. The molecule has 0 unspecified atom stereocenters. The third-order valence-corrected chi connectivity index (χ3v) is 3.33. The molecular weight excluding hydrogens is 324 g/mol. The summed E-state index contributed by atoms with van der Waals surface area (Å²) in [6.45, 7) is 3.89. The lowest BCUT2D eigenvalue weighted by Crippen LogP contribution is -2.22. The summed E-state index contributed by atoms with van der Waals surface area (Å²) in [5.74, 6) is 2.07. The molecule has 1 aliphatic rings. The second-order valence-corrected chi connectivity index (χ2v) is 5.37. The van der Waals surface area contributed by atoms with E-state index < -0.39 is 6.03 Å². The predicted octanol–water partition coefficient (Wildman–Crippen LogP) is 1.57. The van der Waals surface area contributed by atoms with E-state index in [0.29, 0.717) is 49.3 Å². The van der Waals surface area contributed by atoms with Gasteiger partial charge in [-0.2, -0.15) is 4.98 Å². The van der Waals surface area contributed by atoms with Gasteiger partial charge in [-0.05, 0) is 19.1 Å². The van der Waals surface area contributed by atoms with Crippen LogP contribution in [0.1, 0.15) is 5.69 Å². The second kappa shape index (κ2) is 7.67. The molecule has 0 aliphatic carbocycles. The van der Waals surface area contributed by atoms with E-state index >= 15 is 0 Å². The van der Waals surface area contributed by atoms with Crippen molar-refractivity contribution in [2.24, 2.45) is 5.73 Å². The number of anilines is 3. The van der Waals surface area contributed by atoms with Crippen LogP contribution < -0.4 is 31.2 Å². The Morgan fingerprint density at radius 2 is 1.96 bits per heavy atom. The van der Waals surface area contributed by atoms with Crippen LogP contribution in [0, 0.1) is 6.92 Å². The van der Waals surface area contributed by atoms with E-state index in [0.717, 1.165) is 5.69 Å². The zero-order valence-electron chi connectivity index (χ0n) is 13.8. The van der Waals surface area contributed by atoms with Crippen LogP contribution in [0.3, 0.4) is 0 Å². The molecule has 0 radical (unpaired) electrons. The molecule has 0 bridgehead atoms. The highest BCUT2D eigenvalue weighted by Crippen LogP contribution is 2.32. The molecular formula is C16H20N6O3. The lowest BCUT2D eigenvalue weighted by Gasteiger charge is -2.19. The number of nitrogens with one attached hydrogen (secondary N) is 3. The first-order valence-corrected chi connectivity index (χ1v) is 7.91. The number of nitrogens with zero attached hydrogens (tertiary/aromatic N) is 2. The third kappa shape index (κ3) is 4.48. The number of carbonyl (C=O) groups is 1. The number of amides is 2. The van der Waals surface area contributed by atoms with Crippen LogP contribution in [0.15, 0.2) is 24.3 Å². The smallest absolute Gasteiger partial charge is 0.326 e. The highest BCUT2D eigenvalue weighted by atomic mass is 16.6. The molecule has 2 amide bonds. The largest absolute Gasteiger partial charge is 0.486 e. The topological polar surface area (TPSA) is 123 Å². The number of hydrogen-bond donors (Lipinski definition) is 4. The molecule has 3 rings (SSSR count). The Balaban J connectivity index is 1.65. The van der Waals surface area contributed by atoms with Crippen LogP contribution >= 0.6 is 0 Å². The van der Waals surface area contributed by atoms with Crippen molar-refractivity contribution in [2.45, 2.75) is 6.92 Å². The Morgan fingerprint density at radius 3 is 2.76 bits per heavy atom. The maximum atomic E-state index is 12.2. The Hall–Kier alpha value is -3.07. The Morgan fingerprint density at radius 1 is 1.16 bits per heavy atom. The molecule has 9 heteroatoms. The van der Waals surface area contributed by atoms with Gasteiger partial charge < -0.3 is 25.8 Å². The van der Waals surface area contributed by atoms with Crippen molar-refractivity contribution in [2.75, 3.05) is 42.3 Å². The summed E-state index contributed by atoms with van der Waals surface area (Å²) in [7, 11) is 0. The first kappa shape index (κ1) is 16.8. The summed E-state index contributed by atoms with van der Waals surface area (Å²) in [5.41, 5.74) is 6.77. The molecule has 0 fully saturated rings. The number of rotatable bonds is 5. The zero-order valence-corrected chi connectivity index (χ0v) is 13.8. The summed E-state index contributed by atoms with van der Waals surface area (Å²) < 4.78 is 10.9. The number of carbonyl (C=O) groups excluding carboxylic acids is 1. The summed E-state index contributed by atoms with van der Waals surface area (Å²) in [5, 5.41) is 8.38. The highest BCUT2D eigenvalue weighted by molar-refractivity contribution is 5.98. The normalized spacial score (nSPS) is 12.4. The number of ether oxygens (including phenoxy) is 2. The summed E-state index contributed by atoms with van der Waals surface area (Å²) >= 11 is 0. The average Bonchev–Trinajstić information content (AvgIpc) is 2.59. The minimum Gasteiger partial charge on any atom is -0.486 e. The fourth-order valence-electron chi connectivity index (χ4n) is 2.30. The maximum Gasteiger partial charge on any atom is 0.326 e. The van der Waals surface area contributed by atoms with Gasteiger partial charge in [0.05, 0.1) is 0 Å². The molecule has 1 aromatic heterocycles. The monoisotopic (exact) mass is 344 g/mol. The first-order chi connectivity index (χ1) is 12.1. The Labute approximate surface area is 144 Å². The van der Waals surface area contributed by atoms with Gasteiger partial charge in [0.2, 0.25) is 5.95 Å². The number of urea groups is 1. The van der Waals surface area contributed by atoms with E-state index in [1.165, 1.54) is 0 Å². The molecule has 0 atom stereocenters. The molecule has 9 nitrogen and oxygen atoms in total. The zero-order chi connectivity index (χ0) is 17.6. The number of benzene rings is 1.